The molecule has 1 heterocycles. The van der Waals surface area contributed by atoms with E-state index >= 15 is 0 Å². The molecule has 7 heteroatoms. The van der Waals surface area contributed by atoms with Crippen molar-refractivity contribution in [3.8, 4) is 0 Å². The minimum Gasteiger partial charge on any atom is -0.444 e. The van der Waals surface area contributed by atoms with E-state index in [4.69, 9.17) is 4.74 Å². The molecule has 3 amide bonds. The molecule has 0 radical (unpaired) electrons. The predicted molar refractivity (Wildman–Crippen MR) is 77.6 cm³/mol. The van der Waals surface area contributed by atoms with Crippen LogP contribution in [0.1, 0.15) is 41.5 Å². The van der Waals surface area contributed by atoms with Gasteiger partial charge in [0.2, 0.25) is 11.8 Å². The highest BCUT2D eigenvalue weighted by atomic mass is 16.6. The van der Waals surface area contributed by atoms with E-state index < -0.39 is 23.3 Å². The monoisotopic (exact) mass is 299 g/mol. The SMILES string of the molecule is CC(NC(=O)OC(C)(C)C)C(=O)N1CCNC(=O)C1(C)C. The Hall–Kier alpha value is -1.79. The van der Waals surface area contributed by atoms with Crippen LogP contribution in [0.3, 0.4) is 0 Å². The molecule has 1 fully saturated rings. The number of hydrogen-bond acceptors (Lipinski definition) is 4. The maximum absolute atomic E-state index is 12.4. The van der Waals surface area contributed by atoms with Gasteiger partial charge < -0.3 is 20.3 Å². The molecular formula is C14H25N3O4. The summed E-state index contributed by atoms with van der Waals surface area (Å²) < 4.78 is 5.12. The van der Waals surface area contributed by atoms with Crippen molar-refractivity contribution >= 4 is 17.9 Å². The summed E-state index contributed by atoms with van der Waals surface area (Å²) in [4.78, 5) is 37.5. The second kappa shape index (κ2) is 5.91. The maximum atomic E-state index is 12.4. The molecule has 1 rings (SSSR count). The minimum absolute atomic E-state index is 0.202. The van der Waals surface area contributed by atoms with Gasteiger partial charge in [-0.3, -0.25) is 9.59 Å². The third-order valence-corrected chi connectivity index (χ3v) is 3.22. The van der Waals surface area contributed by atoms with Crippen LogP contribution in [0.2, 0.25) is 0 Å². The highest BCUT2D eigenvalue weighted by molar-refractivity contribution is 5.94. The Balaban J connectivity index is 2.70. The van der Waals surface area contributed by atoms with Gasteiger partial charge in [-0.1, -0.05) is 0 Å². The summed E-state index contributed by atoms with van der Waals surface area (Å²) in [7, 11) is 0. The van der Waals surface area contributed by atoms with Gasteiger partial charge in [-0.15, -0.1) is 0 Å². The predicted octanol–water partition coefficient (Wildman–Crippen LogP) is 0.637. The van der Waals surface area contributed by atoms with Crippen molar-refractivity contribution in [1.82, 2.24) is 15.5 Å². The second-order valence-corrected chi connectivity index (χ2v) is 6.67. The van der Waals surface area contributed by atoms with E-state index in [2.05, 4.69) is 10.6 Å². The highest BCUT2D eigenvalue weighted by Crippen LogP contribution is 2.18. The zero-order valence-corrected chi connectivity index (χ0v) is 13.6. The summed E-state index contributed by atoms with van der Waals surface area (Å²) >= 11 is 0. The number of ether oxygens (including phenoxy) is 1. The summed E-state index contributed by atoms with van der Waals surface area (Å²) in [5.41, 5.74) is -1.56. The smallest absolute Gasteiger partial charge is 0.408 e. The number of hydrogen-bond donors (Lipinski definition) is 2. The zero-order valence-electron chi connectivity index (χ0n) is 13.6. The van der Waals surface area contributed by atoms with Crippen molar-refractivity contribution in [2.24, 2.45) is 0 Å². The van der Waals surface area contributed by atoms with E-state index in [1.165, 1.54) is 4.90 Å². The second-order valence-electron chi connectivity index (χ2n) is 6.67. The van der Waals surface area contributed by atoms with Crippen molar-refractivity contribution < 1.29 is 19.1 Å². The van der Waals surface area contributed by atoms with Crippen LogP contribution in [-0.2, 0) is 14.3 Å². The fourth-order valence-corrected chi connectivity index (χ4v) is 2.07. The third-order valence-electron chi connectivity index (χ3n) is 3.22. The quantitative estimate of drug-likeness (QED) is 0.783. The Morgan fingerprint density at radius 3 is 2.48 bits per heavy atom. The fraction of sp³-hybridized carbons (Fsp3) is 0.786. The van der Waals surface area contributed by atoms with E-state index in [0.29, 0.717) is 13.1 Å². The van der Waals surface area contributed by atoms with Crippen LogP contribution in [0.5, 0.6) is 0 Å². The minimum atomic E-state index is -0.931. The molecule has 7 nitrogen and oxygen atoms in total. The van der Waals surface area contributed by atoms with Gasteiger partial charge in [0, 0.05) is 13.1 Å². The normalized spacial score (nSPS) is 19.5. The molecule has 0 bridgehead atoms. The van der Waals surface area contributed by atoms with Crippen molar-refractivity contribution in [3.63, 3.8) is 0 Å². The largest absolute Gasteiger partial charge is 0.444 e. The molecule has 1 saturated heterocycles. The zero-order chi connectivity index (χ0) is 16.4. The Bertz CT molecular complexity index is 440. The fourth-order valence-electron chi connectivity index (χ4n) is 2.07. The van der Waals surface area contributed by atoms with E-state index in [-0.39, 0.29) is 11.8 Å². The Labute approximate surface area is 125 Å². The number of nitrogens with one attached hydrogen (secondary N) is 2. The molecule has 1 aliphatic rings. The van der Waals surface area contributed by atoms with Crippen molar-refractivity contribution in [2.75, 3.05) is 13.1 Å². The van der Waals surface area contributed by atoms with Crippen molar-refractivity contribution in [2.45, 2.75) is 58.7 Å². The molecular weight excluding hydrogens is 274 g/mol. The number of rotatable bonds is 2. The average Bonchev–Trinajstić information content (AvgIpc) is 2.29. The first-order valence-corrected chi connectivity index (χ1v) is 7.04. The van der Waals surface area contributed by atoms with Gasteiger partial charge in [0.1, 0.15) is 17.2 Å². The summed E-state index contributed by atoms with van der Waals surface area (Å²) in [5.74, 6) is -0.507. The molecule has 1 aliphatic heterocycles. The molecule has 0 saturated carbocycles. The molecule has 0 aliphatic carbocycles. The van der Waals surface area contributed by atoms with E-state index in [1.54, 1.807) is 41.5 Å². The molecule has 0 spiro atoms. The number of carbonyl (C=O) groups is 3. The number of carbonyl (C=O) groups excluding carboxylic acids is 3. The molecule has 2 N–H and O–H groups in total. The van der Waals surface area contributed by atoms with Gasteiger partial charge >= 0.3 is 6.09 Å². The molecule has 0 aromatic carbocycles. The topological polar surface area (TPSA) is 87.7 Å². The standard InChI is InChI=1S/C14H25N3O4/c1-9(16-12(20)21-13(2,3)4)10(18)17-8-7-15-11(19)14(17,5)6/h9H,7-8H2,1-6H3,(H,15,19)(H,16,20). The number of amides is 3. The number of alkyl carbamates (subject to hydrolysis) is 1. The average molecular weight is 299 g/mol. The highest BCUT2D eigenvalue weighted by Gasteiger charge is 2.42. The Kier molecular flexibility index (Phi) is 4.86. The lowest BCUT2D eigenvalue weighted by Crippen LogP contribution is -2.66. The molecule has 0 aromatic rings. The first-order valence-electron chi connectivity index (χ1n) is 7.04. The lowest BCUT2D eigenvalue weighted by Gasteiger charge is -2.42. The molecule has 0 aromatic heterocycles. The van der Waals surface area contributed by atoms with E-state index in [9.17, 15) is 14.4 Å². The maximum Gasteiger partial charge on any atom is 0.408 e. The first kappa shape index (κ1) is 17.3. The molecule has 1 unspecified atom stereocenters. The summed E-state index contributed by atoms with van der Waals surface area (Å²) in [6.07, 6.45) is -0.650. The van der Waals surface area contributed by atoms with Crippen molar-refractivity contribution in [3.05, 3.63) is 0 Å². The Morgan fingerprint density at radius 2 is 1.95 bits per heavy atom. The van der Waals surface area contributed by atoms with Crippen LogP contribution in [0.25, 0.3) is 0 Å². The van der Waals surface area contributed by atoms with E-state index in [0.717, 1.165) is 0 Å². The summed E-state index contributed by atoms with van der Waals surface area (Å²) in [6.45, 7) is 11.0. The van der Waals surface area contributed by atoms with Crippen LogP contribution in [-0.4, -0.2) is 53.1 Å². The third kappa shape index (κ3) is 4.34. The van der Waals surface area contributed by atoms with Crippen LogP contribution in [0.4, 0.5) is 4.79 Å². The summed E-state index contributed by atoms with van der Waals surface area (Å²) in [6, 6.07) is -0.759. The van der Waals surface area contributed by atoms with Gasteiger partial charge in [0.05, 0.1) is 0 Å². The van der Waals surface area contributed by atoms with Gasteiger partial charge in [-0.05, 0) is 41.5 Å². The Morgan fingerprint density at radius 1 is 1.38 bits per heavy atom. The van der Waals surface area contributed by atoms with Crippen LogP contribution >= 0.6 is 0 Å². The van der Waals surface area contributed by atoms with Crippen LogP contribution in [0.15, 0.2) is 0 Å². The van der Waals surface area contributed by atoms with Gasteiger partial charge in [0.25, 0.3) is 0 Å². The number of piperazine rings is 1. The van der Waals surface area contributed by atoms with Gasteiger partial charge in [0.15, 0.2) is 0 Å². The first-order chi connectivity index (χ1) is 9.45. The van der Waals surface area contributed by atoms with Crippen molar-refractivity contribution in [1.29, 1.82) is 0 Å². The van der Waals surface area contributed by atoms with Crippen LogP contribution in [0, 0.1) is 0 Å². The lowest BCUT2D eigenvalue weighted by atomic mass is 9.98. The van der Waals surface area contributed by atoms with Crippen LogP contribution < -0.4 is 10.6 Å². The van der Waals surface area contributed by atoms with E-state index in [1.807, 2.05) is 0 Å². The van der Waals surface area contributed by atoms with Gasteiger partial charge in [-0.25, -0.2) is 4.79 Å². The van der Waals surface area contributed by atoms with Gasteiger partial charge in [-0.2, -0.15) is 0 Å². The molecule has 21 heavy (non-hydrogen) atoms. The lowest BCUT2D eigenvalue weighted by molar-refractivity contribution is -0.150. The molecule has 120 valence electrons. The summed E-state index contributed by atoms with van der Waals surface area (Å²) in [5, 5.41) is 5.23. The molecule has 1 atom stereocenters. The number of nitrogens with zero attached hydrogens (tertiary/aromatic N) is 1.